The maximum Gasteiger partial charge on any atom is 0.311 e. The van der Waals surface area contributed by atoms with Crippen molar-refractivity contribution in [1.82, 2.24) is 19.9 Å². The number of carbonyl (C=O) groups is 2. The summed E-state index contributed by atoms with van der Waals surface area (Å²) in [5.41, 5.74) is 0.209. The number of likely N-dealkylation sites (N-methyl/N-ethyl adjacent to an activating group) is 1. The number of hydrogen-bond donors (Lipinski definition) is 1. The summed E-state index contributed by atoms with van der Waals surface area (Å²) in [5.74, 6) is -1.97. The lowest BCUT2D eigenvalue weighted by Crippen LogP contribution is -2.46. The molecule has 2 unspecified atom stereocenters. The zero-order valence-corrected chi connectivity index (χ0v) is 10.8. The summed E-state index contributed by atoms with van der Waals surface area (Å²) >= 11 is 0. The lowest BCUT2D eigenvalue weighted by atomic mass is 10.0. The highest BCUT2D eigenvalue weighted by Crippen LogP contribution is 2.21. The maximum atomic E-state index is 12.3. The van der Waals surface area contributed by atoms with Crippen molar-refractivity contribution in [3.63, 3.8) is 0 Å². The molecule has 0 aliphatic carbocycles. The van der Waals surface area contributed by atoms with E-state index in [1.54, 1.807) is 14.0 Å². The number of carboxylic acid groups (broad SMARTS) is 1. The molecule has 2 atom stereocenters. The molecule has 1 fully saturated rings. The number of carbonyl (C=O) groups excluding carboxylic acids is 1. The normalized spacial score (nSPS) is 22.4. The Morgan fingerprint density at radius 3 is 2.84 bits per heavy atom. The number of aromatic nitrogens is 3. The number of carboxylic acids is 1. The monoisotopic (exact) mass is 268 g/mol. The Morgan fingerprint density at radius 2 is 2.32 bits per heavy atom. The van der Waals surface area contributed by atoms with Crippen LogP contribution in [-0.2, 0) is 16.6 Å². The lowest BCUT2D eigenvalue weighted by Gasteiger charge is -2.28. The zero-order chi connectivity index (χ0) is 14.0. The number of nitrogens with zero attached hydrogens (tertiary/aromatic N) is 4. The topological polar surface area (TPSA) is 97.5 Å². The van der Waals surface area contributed by atoms with Gasteiger partial charge in [0.2, 0.25) is 0 Å². The largest absolute Gasteiger partial charge is 0.481 e. The van der Waals surface area contributed by atoms with Gasteiger partial charge in [-0.25, -0.2) is 0 Å². The molecule has 0 bridgehead atoms. The van der Waals surface area contributed by atoms with Gasteiger partial charge in [-0.3, -0.25) is 9.59 Å². The van der Waals surface area contributed by atoms with E-state index in [1.807, 2.05) is 0 Å². The van der Waals surface area contributed by atoms with Crippen molar-refractivity contribution in [3.8, 4) is 0 Å². The summed E-state index contributed by atoms with van der Waals surface area (Å²) < 4.78 is 5.19. The van der Waals surface area contributed by atoms with Gasteiger partial charge in [0.05, 0.1) is 25.5 Å². The second-order valence-electron chi connectivity index (χ2n) is 4.36. The first-order valence-corrected chi connectivity index (χ1v) is 6.02. The molecule has 0 spiro atoms. The molecule has 1 aromatic heterocycles. The fourth-order valence-corrected chi connectivity index (χ4v) is 2.21. The van der Waals surface area contributed by atoms with Crippen LogP contribution in [0.3, 0.4) is 0 Å². The third kappa shape index (κ3) is 2.58. The Labute approximate surface area is 109 Å². The van der Waals surface area contributed by atoms with Crippen molar-refractivity contribution in [2.75, 3.05) is 19.8 Å². The van der Waals surface area contributed by atoms with Crippen molar-refractivity contribution in [2.45, 2.75) is 13.0 Å². The van der Waals surface area contributed by atoms with Crippen LogP contribution in [0.1, 0.15) is 17.4 Å². The molecule has 1 amide bonds. The van der Waals surface area contributed by atoms with Crippen LogP contribution in [0.25, 0.3) is 0 Å². The quantitative estimate of drug-likeness (QED) is 0.781. The first-order chi connectivity index (χ1) is 9.04. The molecular formula is C11H16N4O4. The van der Waals surface area contributed by atoms with Crippen molar-refractivity contribution >= 4 is 11.9 Å². The van der Waals surface area contributed by atoms with E-state index < -0.39 is 17.9 Å². The van der Waals surface area contributed by atoms with E-state index in [1.165, 1.54) is 15.9 Å². The van der Waals surface area contributed by atoms with Gasteiger partial charge in [0.1, 0.15) is 5.92 Å². The average molecular weight is 268 g/mol. The summed E-state index contributed by atoms with van der Waals surface area (Å²) in [6.07, 6.45) is 1.37. The van der Waals surface area contributed by atoms with Gasteiger partial charge >= 0.3 is 5.97 Å². The molecule has 1 aromatic rings. The molecule has 1 N–H and O–H groups in total. The Balaban J connectivity index is 2.20. The summed E-state index contributed by atoms with van der Waals surface area (Å²) in [6.45, 7) is 2.56. The molecule has 0 radical (unpaired) electrons. The number of aliphatic carboxylic acids is 1. The van der Waals surface area contributed by atoms with E-state index in [4.69, 9.17) is 9.84 Å². The SMILES string of the molecule is CCN(C(=O)c1cnn(C)n1)C1COCC1C(=O)O. The molecule has 2 heterocycles. The fraction of sp³-hybridized carbons (Fsp3) is 0.636. The van der Waals surface area contributed by atoms with Gasteiger partial charge in [-0.2, -0.15) is 9.90 Å². The van der Waals surface area contributed by atoms with Crippen LogP contribution in [0, 0.1) is 5.92 Å². The molecule has 0 aromatic carbocycles. The zero-order valence-electron chi connectivity index (χ0n) is 10.8. The predicted octanol–water partition coefficient (Wildman–Crippen LogP) is -0.623. The molecule has 0 saturated carbocycles. The first kappa shape index (κ1) is 13.5. The van der Waals surface area contributed by atoms with Crippen molar-refractivity contribution in [2.24, 2.45) is 13.0 Å². The third-order valence-electron chi connectivity index (χ3n) is 3.19. The van der Waals surface area contributed by atoms with Gasteiger partial charge < -0.3 is 14.7 Å². The van der Waals surface area contributed by atoms with Crippen LogP contribution in [0.15, 0.2) is 6.20 Å². The van der Waals surface area contributed by atoms with Crippen LogP contribution < -0.4 is 0 Å². The summed E-state index contributed by atoms with van der Waals surface area (Å²) in [6, 6.07) is -0.461. The lowest BCUT2D eigenvalue weighted by molar-refractivity contribution is -0.142. The molecule has 1 aliphatic rings. The standard InChI is InChI=1S/C11H16N4O4/c1-3-15(9-6-19-5-7(9)11(17)18)10(16)8-4-12-14(2)13-8/h4,7,9H,3,5-6H2,1-2H3,(H,17,18). The second kappa shape index (κ2) is 5.35. The van der Waals surface area contributed by atoms with Crippen molar-refractivity contribution in [1.29, 1.82) is 0 Å². The van der Waals surface area contributed by atoms with E-state index in [0.29, 0.717) is 6.54 Å². The Morgan fingerprint density at radius 1 is 1.58 bits per heavy atom. The highest BCUT2D eigenvalue weighted by Gasteiger charge is 2.40. The molecule has 1 saturated heterocycles. The minimum atomic E-state index is -0.951. The molecule has 2 rings (SSSR count). The molecule has 8 heteroatoms. The summed E-state index contributed by atoms with van der Waals surface area (Å²) in [4.78, 5) is 26.2. The summed E-state index contributed by atoms with van der Waals surface area (Å²) in [7, 11) is 1.62. The predicted molar refractivity (Wildman–Crippen MR) is 63.4 cm³/mol. The number of amides is 1. The van der Waals surface area contributed by atoms with Gasteiger partial charge in [0.25, 0.3) is 5.91 Å². The van der Waals surface area contributed by atoms with Gasteiger partial charge in [-0.05, 0) is 6.92 Å². The second-order valence-corrected chi connectivity index (χ2v) is 4.36. The molecular weight excluding hydrogens is 252 g/mol. The maximum absolute atomic E-state index is 12.3. The van der Waals surface area contributed by atoms with Gasteiger partial charge in [-0.15, -0.1) is 5.10 Å². The van der Waals surface area contributed by atoms with Gasteiger partial charge in [0.15, 0.2) is 5.69 Å². The highest BCUT2D eigenvalue weighted by atomic mass is 16.5. The van der Waals surface area contributed by atoms with E-state index in [-0.39, 0.29) is 24.8 Å². The van der Waals surface area contributed by atoms with Gasteiger partial charge in [0, 0.05) is 13.6 Å². The number of hydrogen-bond acceptors (Lipinski definition) is 5. The average Bonchev–Trinajstić information content (AvgIpc) is 2.98. The van der Waals surface area contributed by atoms with E-state index in [0.717, 1.165) is 0 Å². The van der Waals surface area contributed by atoms with Crippen LogP contribution in [0.5, 0.6) is 0 Å². The van der Waals surface area contributed by atoms with Crippen LogP contribution in [0.4, 0.5) is 0 Å². The van der Waals surface area contributed by atoms with Crippen molar-refractivity contribution in [3.05, 3.63) is 11.9 Å². The van der Waals surface area contributed by atoms with E-state index in [2.05, 4.69) is 10.2 Å². The molecule has 8 nitrogen and oxygen atoms in total. The van der Waals surface area contributed by atoms with E-state index >= 15 is 0 Å². The molecule has 104 valence electrons. The van der Waals surface area contributed by atoms with Crippen LogP contribution in [0.2, 0.25) is 0 Å². The number of aryl methyl sites for hydroxylation is 1. The fourth-order valence-electron chi connectivity index (χ4n) is 2.21. The Bertz CT molecular complexity index is 487. The minimum absolute atomic E-state index is 0.129. The van der Waals surface area contributed by atoms with Crippen LogP contribution >= 0.6 is 0 Å². The smallest absolute Gasteiger partial charge is 0.311 e. The number of ether oxygens (including phenoxy) is 1. The highest BCUT2D eigenvalue weighted by molar-refractivity contribution is 5.92. The Kier molecular flexibility index (Phi) is 3.79. The van der Waals surface area contributed by atoms with Crippen molar-refractivity contribution < 1.29 is 19.4 Å². The molecule has 1 aliphatic heterocycles. The third-order valence-corrected chi connectivity index (χ3v) is 3.19. The molecule has 19 heavy (non-hydrogen) atoms. The Hall–Kier alpha value is -1.96. The number of rotatable bonds is 4. The van der Waals surface area contributed by atoms with Crippen LogP contribution in [-0.4, -0.2) is 62.7 Å². The summed E-state index contributed by atoms with van der Waals surface area (Å²) in [5, 5.41) is 16.9. The first-order valence-electron chi connectivity index (χ1n) is 6.02. The van der Waals surface area contributed by atoms with Gasteiger partial charge in [-0.1, -0.05) is 0 Å². The van der Waals surface area contributed by atoms with E-state index in [9.17, 15) is 9.59 Å². The minimum Gasteiger partial charge on any atom is -0.481 e.